The molecule has 2 aromatic carbocycles. The van der Waals surface area contributed by atoms with Crippen LogP contribution in [0.25, 0.3) is 0 Å². The summed E-state index contributed by atoms with van der Waals surface area (Å²) in [4.78, 5) is 0. The van der Waals surface area contributed by atoms with Gasteiger partial charge in [-0.2, -0.15) is 0 Å². The lowest BCUT2D eigenvalue weighted by Crippen LogP contribution is -2.16. The summed E-state index contributed by atoms with van der Waals surface area (Å²) in [5, 5.41) is 13.0. The van der Waals surface area contributed by atoms with E-state index in [1.165, 1.54) is 0 Å². The van der Waals surface area contributed by atoms with Crippen molar-refractivity contribution in [3.8, 4) is 11.5 Å². The fraction of sp³-hybridized carbons (Fsp3) is 0.250. The van der Waals surface area contributed by atoms with E-state index < -0.39 is 0 Å². The Morgan fingerprint density at radius 2 is 1.86 bits per heavy atom. The summed E-state index contributed by atoms with van der Waals surface area (Å²) >= 11 is 3.49. The lowest BCUT2D eigenvalue weighted by atomic mass is 10.1. The molecule has 5 heteroatoms. The van der Waals surface area contributed by atoms with E-state index in [4.69, 9.17) is 9.47 Å². The van der Waals surface area contributed by atoms with Crippen molar-refractivity contribution in [3.05, 3.63) is 52.5 Å². The van der Waals surface area contributed by atoms with Crippen molar-refractivity contribution < 1.29 is 14.6 Å². The molecule has 1 atom stereocenters. The lowest BCUT2D eigenvalue weighted by Gasteiger charge is -2.22. The van der Waals surface area contributed by atoms with E-state index in [0.29, 0.717) is 11.5 Å². The van der Waals surface area contributed by atoms with Gasteiger partial charge in [0.05, 0.1) is 26.9 Å². The number of halogens is 1. The minimum atomic E-state index is -0.297. The van der Waals surface area contributed by atoms with Crippen molar-refractivity contribution >= 4 is 21.6 Å². The summed E-state index contributed by atoms with van der Waals surface area (Å²) in [5.41, 5.74) is 1.75. The quantitative estimate of drug-likeness (QED) is 0.834. The average Bonchev–Trinajstić information content (AvgIpc) is 2.53. The normalized spacial score (nSPS) is 11.8. The van der Waals surface area contributed by atoms with Gasteiger partial charge in [-0.25, -0.2) is 0 Å². The second kappa shape index (κ2) is 7.33. The maximum atomic E-state index is 9.74. The molecule has 0 heterocycles. The molecule has 0 radical (unpaired) electrons. The smallest absolute Gasteiger partial charge is 0.166 e. The van der Waals surface area contributed by atoms with E-state index in [0.717, 1.165) is 15.7 Å². The lowest BCUT2D eigenvalue weighted by molar-refractivity contribution is 0.271. The maximum Gasteiger partial charge on any atom is 0.166 e. The molecular weight excluding hydrogens is 334 g/mol. The molecule has 112 valence electrons. The average molecular weight is 352 g/mol. The van der Waals surface area contributed by atoms with E-state index >= 15 is 0 Å². The molecule has 1 unspecified atom stereocenters. The standard InChI is InChI=1S/C16H18BrNO3/c1-20-15-9-5-6-11(16(15)21-2)14(10-19)18-13-8-4-3-7-12(13)17/h3-9,14,18-19H,10H2,1-2H3. The van der Waals surface area contributed by atoms with Crippen LogP contribution >= 0.6 is 15.9 Å². The Morgan fingerprint density at radius 1 is 1.10 bits per heavy atom. The van der Waals surface area contributed by atoms with Crippen LogP contribution in [0.3, 0.4) is 0 Å². The first-order chi connectivity index (χ1) is 10.2. The van der Waals surface area contributed by atoms with Crippen molar-refractivity contribution in [2.75, 3.05) is 26.1 Å². The van der Waals surface area contributed by atoms with Crippen LogP contribution in [0.15, 0.2) is 46.9 Å². The molecule has 4 nitrogen and oxygen atoms in total. The predicted octanol–water partition coefficient (Wildman–Crippen LogP) is 3.61. The van der Waals surface area contributed by atoms with Gasteiger partial charge < -0.3 is 19.9 Å². The number of methoxy groups -OCH3 is 2. The van der Waals surface area contributed by atoms with Gasteiger partial charge in [-0.3, -0.25) is 0 Å². The number of ether oxygens (including phenoxy) is 2. The first-order valence-corrected chi connectivity index (χ1v) is 7.33. The zero-order valence-corrected chi connectivity index (χ0v) is 13.6. The van der Waals surface area contributed by atoms with Crippen LogP contribution in [0, 0.1) is 0 Å². The van der Waals surface area contributed by atoms with E-state index in [9.17, 15) is 5.11 Å². The van der Waals surface area contributed by atoms with Crippen molar-refractivity contribution in [3.63, 3.8) is 0 Å². The molecule has 2 rings (SSSR count). The van der Waals surface area contributed by atoms with Crippen LogP contribution in [0.2, 0.25) is 0 Å². The van der Waals surface area contributed by atoms with E-state index in [2.05, 4.69) is 21.2 Å². The van der Waals surface area contributed by atoms with E-state index in [-0.39, 0.29) is 12.6 Å². The Bertz CT molecular complexity index is 604. The van der Waals surface area contributed by atoms with Crippen LogP contribution in [0.4, 0.5) is 5.69 Å². The second-order valence-electron chi connectivity index (χ2n) is 4.44. The number of para-hydroxylation sites is 2. The number of aliphatic hydroxyl groups is 1. The van der Waals surface area contributed by atoms with Gasteiger partial charge >= 0.3 is 0 Å². The summed E-state index contributed by atoms with van der Waals surface area (Å²) in [6, 6.07) is 13.1. The fourth-order valence-electron chi connectivity index (χ4n) is 2.17. The Labute approximate surface area is 132 Å². The number of nitrogens with one attached hydrogen (secondary N) is 1. The summed E-state index contributed by atoms with van der Waals surface area (Å²) in [7, 11) is 3.19. The third-order valence-electron chi connectivity index (χ3n) is 3.19. The summed E-state index contributed by atoms with van der Waals surface area (Å²) in [5.74, 6) is 1.26. The van der Waals surface area contributed by atoms with Gasteiger partial charge in [-0.15, -0.1) is 0 Å². The van der Waals surface area contributed by atoms with Crippen LogP contribution in [0.5, 0.6) is 11.5 Å². The van der Waals surface area contributed by atoms with Gasteiger partial charge in [0.15, 0.2) is 11.5 Å². The molecule has 0 aromatic heterocycles. The maximum absolute atomic E-state index is 9.74. The monoisotopic (exact) mass is 351 g/mol. The first-order valence-electron chi connectivity index (χ1n) is 6.54. The largest absolute Gasteiger partial charge is 0.493 e. The van der Waals surface area contributed by atoms with Crippen LogP contribution in [-0.4, -0.2) is 25.9 Å². The van der Waals surface area contributed by atoms with Gasteiger partial charge in [0.25, 0.3) is 0 Å². The predicted molar refractivity (Wildman–Crippen MR) is 87.1 cm³/mol. The van der Waals surface area contributed by atoms with Gasteiger partial charge in [-0.05, 0) is 34.1 Å². The SMILES string of the molecule is COc1cccc(C(CO)Nc2ccccc2Br)c1OC. The molecule has 21 heavy (non-hydrogen) atoms. The summed E-state index contributed by atoms with van der Waals surface area (Å²) < 4.78 is 11.7. The Balaban J connectivity index is 2.36. The van der Waals surface area contributed by atoms with E-state index in [1.807, 2.05) is 42.5 Å². The van der Waals surface area contributed by atoms with Gasteiger partial charge in [0, 0.05) is 15.7 Å². The van der Waals surface area contributed by atoms with Crippen LogP contribution in [0.1, 0.15) is 11.6 Å². The molecule has 0 spiro atoms. The number of rotatable bonds is 6. The van der Waals surface area contributed by atoms with Crippen molar-refractivity contribution in [1.82, 2.24) is 0 Å². The van der Waals surface area contributed by atoms with Gasteiger partial charge in [0.2, 0.25) is 0 Å². The second-order valence-corrected chi connectivity index (χ2v) is 5.30. The number of hydrogen-bond donors (Lipinski definition) is 2. The highest BCUT2D eigenvalue weighted by Crippen LogP contribution is 2.36. The molecule has 0 bridgehead atoms. The van der Waals surface area contributed by atoms with Gasteiger partial charge in [0.1, 0.15) is 0 Å². The summed E-state index contributed by atoms with van der Waals surface area (Å²) in [6.45, 7) is -0.0646. The zero-order chi connectivity index (χ0) is 15.2. The highest BCUT2D eigenvalue weighted by Gasteiger charge is 2.19. The van der Waals surface area contributed by atoms with E-state index in [1.54, 1.807) is 14.2 Å². The molecule has 0 saturated carbocycles. The molecule has 0 aliphatic heterocycles. The molecule has 0 saturated heterocycles. The number of benzene rings is 2. The number of hydrogen-bond acceptors (Lipinski definition) is 4. The highest BCUT2D eigenvalue weighted by molar-refractivity contribution is 9.10. The molecule has 0 fully saturated rings. The summed E-state index contributed by atoms with van der Waals surface area (Å²) in [6.07, 6.45) is 0. The third-order valence-corrected chi connectivity index (χ3v) is 3.89. The Morgan fingerprint density at radius 3 is 2.48 bits per heavy atom. The zero-order valence-electron chi connectivity index (χ0n) is 12.0. The molecule has 0 amide bonds. The topological polar surface area (TPSA) is 50.7 Å². The highest BCUT2D eigenvalue weighted by atomic mass is 79.9. The fourth-order valence-corrected chi connectivity index (χ4v) is 2.57. The number of anilines is 1. The Hall–Kier alpha value is -1.72. The minimum absolute atomic E-state index is 0.0646. The van der Waals surface area contributed by atoms with Crippen LogP contribution < -0.4 is 14.8 Å². The van der Waals surface area contributed by atoms with Crippen molar-refractivity contribution in [2.24, 2.45) is 0 Å². The third kappa shape index (κ3) is 3.49. The molecule has 2 N–H and O–H groups in total. The van der Waals surface area contributed by atoms with Gasteiger partial charge in [-0.1, -0.05) is 24.3 Å². The molecule has 2 aromatic rings. The van der Waals surface area contributed by atoms with Crippen molar-refractivity contribution in [2.45, 2.75) is 6.04 Å². The Kier molecular flexibility index (Phi) is 5.47. The first kappa shape index (κ1) is 15.7. The molecule has 0 aliphatic rings. The molecule has 0 aliphatic carbocycles. The van der Waals surface area contributed by atoms with Crippen molar-refractivity contribution in [1.29, 1.82) is 0 Å². The number of aliphatic hydroxyl groups excluding tert-OH is 1. The minimum Gasteiger partial charge on any atom is -0.493 e. The van der Waals surface area contributed by atoms with Crippen LogP contribution in [-0.2, 0) is 0 Å². The molecular formula is C16H18BrNO3.